The Morgan fingerprint density at radius 3 is 2.79 bits per heavy atom. The van der Waals surface area contributed by atoms with E-state index >= 15 is 0 Å². The van der Waals surface area contributed by atoms with E-state index in [9.17, 15) is 4.39 Å². The lowest BCUT2D eigenvalue weighted by Crippen LogP contribution is -2.04. The largest absolute Gasteiger partial charge is 0.383 e. The van der Waals surface area contributed by atoms with Gasteiger partial charge in [-0.1, -0.05) is 11.6 Å². The third kappa shape index (κ3) is 2.39. The summed E-state index contributed by atoms with van der Waals surface area (Å²) in [5, 5.41) is 3.65. The van der Waals surface area contributed by atoms with Crippen LogP contribution in [0.15, 0.2) is 16.6 Å². The van der Waals surface area contributed by atoms with Crippen LogP contribution in [0.5, 0.6) is 0 Å². The molecular formula is C10H10BrClFN. The van der Waals surface area contributed by atoms with Crippen molar-refractivity contribution in [1.82, 2.24) is 0 Å². The van der Waals surface area contributed by atoms with E-state index in [0.29, 0.717) is 9.50 Å². The zero-order valence-corrected chi connectivity index (χ0v) is 9.83. The third-order valence-electron chi connectivity index (χ3n) is 2.27. The molecule has 14 heavy (non-hydrogen) atoms. The molecule has 0 unspecified atom stereocenters. The van der Waals surface area contributed by atoms with Gasteiger partial charge in [0.25, 0.3) is 0 Å². The molecule has 1 nitrogen and oxygen atoms in total. The molecule has 2 rings (SSSR count). The monoisotopic (exact) mass is 277 g/mol. The Kier molecular flexibility index (Phi) is 2.98. The average Bonchev–Trinajstić information content (AvgIpc) is 2.85. The molecule has 1 saturated carbocycles. The molecule has 1 aromatic rings. The number of hydrogen-bond donors (Lipinski definition) is 1. The first-order valence-electron chi connectivity index (χ1n) is 4.55. The minimum atomic E-state index is -0.321. The van der Waals surface area contributed by atoms with E-state index in [2.05, 4.69) is 21.2 Å². The van der Waals surface area contributed by atoms with Gasteiger partial charge in [-0.3, -0.25) is 0 Å². The fourth-order valence-corrected chi connectivity index (χ4v) is 2.24. The number of nitrogens with one attached hydrogen (secondary N) is 1. The van der Waals surface area contributed by atoms with Crippen LogP contribution in [0, 0.1) is 11.7 Å². The molecule has 76 valence electrons. The minimum Gasteiger partial charge on any atom is -0.383 e. The van der Waals surface area contributed by atoms with Crippen LogP contribution in [0.3, 0.4) is 0 Å². The van der Waals surface area contributed by atoms with Crippen molar-refractivity contribution < 1.29 is 4.39 Å². The van der Waals surface area contributed by atoms with Crippen LogP contribution in [0.2, 0.25) is 5.02 Å². The zero-order chi connectivity index (χ0) is 10.1. The second-order valence-electron chi connectivity index (χ2n) is 3.57. The smallest absolute Gasteiger partial charge is 0.125 e. The average molecular weight is 279 g/mol. The summed E-state index contributed by atoms with van der Waals surface area (Å²) < 4.78 is 13.6. The summed E-state index contributed by atoms with van der Waals surface area (Å²) in [5.41, 5.74) is 0.792. The number of hydrogen-bond acceptors (Lipinski definition) is 1. The SMILES string of the molecule is Fc1cc(Cl)c(NCC2CC2)c(Br)c1. The topological polar surface area (TPSA) is 12.0 Å². The summed E-state index contributed by atoms with van der Waals surface area (Å²) in [6, 6.07) is 2.74. The molecule has 1 aromatic carbocycles. The summed E-state index contributed by atoms with van der Waals surface area (Å²) in [6.45, 7) is 0.921. The molecule has 1 aliphatic rings. The predicted molar refractivity (Wildman–Crippen MR) is 60.3 cm³/mol. The molecule has 0 atom stereocenters. The Morgan fingerprint density at radius 1 is 1.50 bits per heavy atom. The standard InChI is InChI=1S/C10H10BrClFN/c11-8-3-7(13)4-9(12)10(8)14-5-6-1-2-6/h3-4,6,14H,1-2,5H2. The summed E-state index contributed by atoms with van der Waals surface area (Å²) in [5.74, 6) is 0.446. The third-order valence-corrected chi connectivity index (χ3v) is 3.19. The highest BCUT2D eigenvalue weighted by Gasteiger charge is 2.21. The summed E-state index contributed by atoms with van der Waals surface area (Å²) in [6.07, 6.45) is 2.56. The van der Waals surface area contributed by atoms with Gasteiger partial charge in [0.1, 0.15) is 5.82 Å². The van der Waals surface area contributed by atoms with Gasteiger partial charge >= 0.3 is 0 Å². The zero-order valence-electron chi connectivity index (χ0n) is 7.49. The maximum Gasteiger partial charge on any atom is 0.125 e. The molecule has 0 heterocycles. The molecule has 0 bridgehead atoms. The van der Waals surface area contributed by atoms with Crippen LogP contribution < -0.4 is 5.32 Å². The van der Waals surface area contributed by atoms with E-state index in [1.165, 1.54) is 25.0 Å². The highest BCUT2D eigenvalue weighted by atomic mass is 79.9. The maximum absolute atomic E-state index is 12.9. The molecule has 0 spiro atoms. The Balaban J connectivity index is 2.13. The quantitative estimate of drug-likeness (QED) is 0.879. The second-order valence-corrected chi connectivity index (χ2v) is 4.83. The van der Waals surface area contributed by atoms with Crippen molar-refractivity contribution in [2.24, 2.45) is 5.92 Å². The van der Waals surface area contributed by atoms with E-state index in [0.717, 1.165) is 18.2 Å². The number of halogens is 3. The minimum absolute atomic E-state index is 0.321. The van der Waals surface area contributed by atoms with Gasteiger partial charge in [-0.05, 0) is 46.8 Å². The van der Waals surface area contributed by atoms with E-state index in [-0.39, 0.29) is 5.82 Å². The fraction of sp³-hybridized carbons (Fsp3) is 0.400. The molecule has 0 saturated heterocycles. The summed E-state index contributed by atoms with van der Waals surface area (Å²) in [4.78, 5) is 0. The molecule has 4 heteroatoms. The van der Waals surface area contributed by atoms with Crippen LogP contribution >= 0.6 is 27.5 Å². The van der Waals surface area contributed by atoms with E-state index in [1.807, 2.05) is 0 Å². The molecule has 1 fully saturated rings. The second kappa shape index (κ2) is 4.07. The highest BCUT2D eigenvalue weighted by molar-refractivity contribution is 9.10. The van der Waals surface area contributed by atoms with Crippen molar-refractivity contribution in [2.75, 3.05) is 11.9 Å². The number of rotatable bonds is 3. The lowest BCUT2D eigenvalue weighted by atomic mass is 10.3. The molecule has 1 aliphatic carbocycles. The Labute approximate surface area is 95.8 Å². The van der Waals surface area contributed by atoms with Gasteiger partial charge in [-0.25, -0.2) is 4.39 Å². The van der Waals surface area contributed by atoms with Gasteiger partial charge in [0, 0.05) is 11.0 Å². The first-order chi connectivity index (χ1) is 6.66. The van der Waals surface area contributed by atoms with Crippen LogP contribution in [0.25, 0.3) is 0 Å². The van der Waals surface area contributed by atoms with Gasteiger partial charge in [-0.2, -0.15) is 0 Å². The molecule has 1 N–H and O–H groups in total. The Hall–Kier alpha value is -0.280. The predicted octanol–water partition coefficient (Wildman–Crippen LogP) is 4.06. The van der Waals surface area contributed by atoms with Gasteiger partial charge in [0.05, 0.1) is 10.7 Å². The van der Waals surface area contributed by atoms with Crippen molar-refractivity contribution in [3.63, 3.8) is 0 Å². The molecular weight excluding hydrogens is 268 g/mol. The van der Waals surface area contributed by atoms with E-state index < -0.39 is 0 Å². The van der Waals surface area contributed by atoms with E-state index in [1.54, 1.807) is 0 Å². The van der Waals surface area contributed by atoms with Crippen LogP contribution in [-0.4, -0.2) is 6.54 Å². The van der Waals surface area contributed by atoms with Crippen LogP contribution in [0.1, 0.15) is 12.8 Å². The van der Waals surface area contributed by atoms with Crippen molar-refractivity contribution in [3.05, 3.63) is 27.4 Å². The van der Waals surface area contributed by atoms with Gasteiger partial charge in [-0.15, -0.1) is 0 Å². The normalized spacial score (nSPS) is 15.6. The van der Waals surface area contributed by atoms with Crippen LogP contribution in [-0.2, 0) is 0 Å². The summed E-state index contributed by atoms with van der Waals surface area (Å²) >= 11 is 9.19. The Bertz CT molecular complexity index is 329. The van der Waals surface area contributed by atoms with Crippen molar-refractivity contribution in [1.29, 1.82) is 0 Å². The molecule has 0 radical (unpaired) electrons. The highest BCUT2D eigenvalue weighted by Crippen LogP contribution is 2.34. The number of anilines is 1. The van der Waals surface area contributed by atoms with Gasteiger partial charge in [0.15, 0.2) is 0 Å². The lowest BCUT2D eigenvalue weighted by Gasteiger charge is -2.09. The first kappa shape index (κ1) is 10.2. The lowest BCUT2D eigenvalue weighted by molar-refractivity contribution is 0.627. The van der Waals surface area contributed by atoms with Crippen LogP contribution in [0.4, 0.5) is 10.1 Å². The van der Waals surface area contributed by atoms with Gasteiger partial charge < -0.3 is 5.32 Å². The van der Waals surface area contributed by atoms with Crippen molar-refractivity contribution in [2.45, 2.75) is 12.8 Å². The molecule has 0 aromatic heterocycles. The van der Waals surface area contributed by atoms with E-state index in [4.69, 9.17) is 11.6 Å². The molecule has 0 aliphatic heterocycles. The first-order valence-corrected chi connectivity index (χ1v) is 5.72. The number of benzene rings is 1. The maximum atomic E-state index is 12.9. The fourth-order valence-electron chi connectivity index (χ4n) is 1.28. The van der Waals surface area contributed by atoms with Gasteiger partial charge in [0.2, 0.25) is 0 Å². The Morgan fingerprint density at radius 2 is 2.21 bits per heavy atom. The molecule has 0 amide bonds. The van der Waals surface area contributed by atoms with Crippen molar-refractivity contribution in [3.8, 4) is 0 Å². The van der Waals surface area contributed by atoms with Crippen molar-refractivity contribution >= 4 is 33.2 Å². The summed E-state index contributed by atoms with van der Waals surface area (Å²) in [7, 11) is 0.